The Kier molecular flexibility index (Phi) is 16.4. The van der Waals surface area contributed by atoms with Crippen LogP contribution in [0.1, 0.15) is 6.42 Å². The summed E-state index contributed by atoms with van der Waals surface area (Å²) in [4.78, 5) is 22.3. The maximum absolute atomic E-state index is 10.8. The van der Waals surface area contributed by atoms with Crippen LogP contribution in [0.5, 0.6) is 0 Å². The summed E-state index contributed by atoms with van der Waals surface area (Å²) in [6, 6.07) is -0.848. The van der Waals surface area contributed by atoms with Gasteiger partial charge in [-0.2, -0.15) is 0 Å². The number of nitrogens with one attached hydrogen (secondary N) is 1. The number of rotatable bonds is 14. The van der Waals surface area contributed by atoms with Crippen LogP contribution in [0.2, 0.25) is 0 Å². The van der Waals surface area contributed by atoms with Crippen LogP contribution in [-0.4, -0.2) is 129 Å². The summed E-state index contributed by atoms with van der Waals surface area (Å²) < 4.78 is 0. The molecule has 0 amide bonds. The largest absolute Gasteiger partial charge is 0.480 e. The van der Waals surface area contributed by atoms with Gasteiger partial charge in [0.1, 0.15) is 6.04 Å². The van der Waals surface area contributed by atoms with E-state index in [0.717, 1.165) is 0 Å². The third kappa shape index (κ3) is 11.3. The molecule has 0 rings (SSSR count). The molecule has 0 aromatic rings. The van der Waals surface area contributed by atoms with Crippen molar-refractivity contribution in [2.45, 2.75) is 18.0 Å². The van der Waals surface area contributed by atoms with E-state index in [4.69, 9.17) is 40.9 Å². The first-order chi connectivity index (χ1) is 12.3. The zero-order chi connectivity index (χ0) is 20.6. The highest BCUT2D eigenvalue weighted by atomic mass is 16.4. The summed E-state index contributed by atoms with van der Waals surface area (Å²) in [7, 11) is 0. The van der Waals surface area contributed by atoms with Gasteiger partial charge in [0.25, 0.3) is 0 Å². The zero-order valence-electron chi connectivity index (χ0n) is 14.5. The number of hydrogen-bond acceptors (Lipinski definition) is 10. The second-order valence-corrected chi connectivity index (χ2v) is 5.35. The molecule has 9 N–H and O–H groups in total. The molecule has 0 spiro atoms. The van der Waals surface area contributed by atoms with Gasteiger partial charge in [-0.3, -0.25) is 19.8 Å². The van der Waals surface area contributed by atoms with Crippen molar-refractivity contribution in [2.24, 2.45) is 0 Å². The molecule has 12 heteroatoms. The highest BCUT2D eigenvalue weighted by Crippen LogP contribution is 2.04. The summed E-state index contributed by atoms with van der Waals surface area (Å²) in [6.07, 6.45) is 0.0926. The van der Waals surface area contributed by atoms with Crippen molar-refractivity contribution >= 4 is 11.9 Å². The van der Waals surface area contributed by atoms with E-state index in [2.05, 4.69) is 5.32 Å². The maximum atomic E-state index is 10.8. The maximum Gasteiger partial charge on any atom is 0.321 e. The van der Waals surface area contributed by atoms with Gasteiger partial charge in [0.2, 0.25) is 0 Å². The first-order valence-electron chi connectivity index (χ1n) is 7.86. The van der Waals surface area contributed by atoms with Gasteiger partial charge in [0.15, 0.2) is 0 Å². The average Bonchev–Trinajstić information content (AvgIpc) is 2.61. The Balaban J connectivity index is 0. The van der Waals surface area contributed by atoms with Crippen LogP contribution in [0, 0.1) is 0 Å². The Bertz CT molecular complexity index is 364. The molecule has 0 radical (unpaired) electrons. The van der Waals surface area contributed by atoms with Gasteiger partial charge in [0, 0.05) is 19.7 Å². The molecule has 0 fully saturated rings. The number of carboxylic acids is 2. The van der Waals surface area contributed by atoms with Crippen LogP contribution in [0.3, 0.4) is 0 Å². The molecule has 156 valence electrons. The van der Waals surface area contributed by atoms with Crippen LogP contribution in [-0.2, 0) is 9.59 Å². The van der Waals surface area contributed by atoms with Crippen molar-refractivity contribution < 1.29 is 50.4 Å². The molecule has 0 aromatic heterocycles. The van der Waals surface area contributed by atoms with Gasteiger partial charge in [-0.1, -0.05) is 0 Å². The van der Waals surface area contributed by atoms with Gasteiger partial charge in [-0.25, -0.2) is 0 Å². The Labute approximate surface area is 150 Å². The number of carboxylic acid groups (broad SMARTS) is 2. The number of aliphatic carboxylic acids is 2. The van der Waals surface area contributed by atoms with Gasteiger partial charge in [-0.05, 0) is 6.42 Å². The third-order valence-corrected chi connectivity index (χ3v) is 3.43. The lowest BCUT2D eigenvalue weighted by atomic mass is 10.0. The minimum Gasteiger partial charge on any atom is -0.480 e. The fraction of sp³-hybridized carbons (Fsp3) is 0.857. The minimum atomic E-state index is -1.31. The highest BCUT2D eigenvalue weighted by Gasteiger charge is 2.27. The summed E-state index contributed by atoms with van der Waals surface area (Å²) in [6.45, 7) is -2.20. The molecule has 0 aliphatic rings. The van der Waals surface area contributed by atoms with Crippen molar-refractivity contribution in [2.75, 3.05) is 59.3 Å². The molecule has 0 heterocycles. The lowest BCUT2D eigenvalue weighted by Crippen LogP contribution is -2.56. The first-order valence-corrected chi connectivity index (χ1v) is 7.86. The standard InChI is InChI=1S/C8H17NO5.C6H13NO5/c10-4-1-7(8(13)14)9(2-5-11)3-6-12;8-2-6(3-9,4-10)7-1-5(11)12/h7,10-12H,1-6H2,(H,13,14);7-10H,1-4H2,(H,11,12). The van der Waals surface area contributed by atoms with Crippen molar-refractivity contribution in [1.29, 1.82) is 0 Å². The number of carbonyl (C=O) groups is 2. The van der Waals surface area contributed by atoms with Crippen molar-refractivity contribution in [3.05, 3.63) is 0 Å². The average molecular weight is 386 g/mol. The Hall–Kier alpha value is -1.38. The summed E-state index contributed by atoms with van der Waals surface area (Å²) in [5.74, 6) is -2.17. The summed E-state index contributed by atoms with van der Waals surface area (Å²) in [5.41, 5.74) is -1.31. The van der Waals surface area contributed by atoms with E-state index >= 15 is 0 Å². The summed E-state index contributed by atoms with van der Waals surface area (Å²) >= 11 is 0. The fourth-order valence-corrected chi connectivity index (χ4v) is 1.85. The molecular formula is C14H30N2O10. The van der Waals surface area contributed by atoms with Gasteiger partial charge in [-0.15, -0.1) is 0 Å². The molecule has 0 bridgehead atoms. The molecule has 0 aliphatic heterocycles. The molecule has 0 saturated heterocycles. The fourth-order valence-electron chi connectivity index (χ4n) is 1.85. The Morgan fingerprint density at radius 1 is 0.846 bits per heavy atom. The molecule has 0 saturated carbocycles. The van der Waals surface area contributed by atoms with Crippen LogP contribution < -0.4 is 5.32 Å². The van der Waals surface area contributed by atoms with E-state index in [9.17, 15) is 9.59 Å². The quantitative estimate of drug-likeness (QED) is 0.138. The number of hydrogen-bond donors (Lipinski definition) is 9. The predicted octanol–water partition coefficient (Wildman–Crippen LogP) is -4.52. The topological polar surface area (TPSA) is 211 Å². The van der Waals surface area contributed by atoms with Crippen LogP contribution in [0.4, 0.5) is 0 Å². The highest BCUT2D eigenvalue weighted by molar-refractivity contribution is 5.73. The van der Waals surface area contributed by atoms with E-state index in [-0.39, 0.29) is 39.3 Å². The van der Waals surface area contributed by atoms with E-state index in [0.29, 0.717) is 0 Å². The number of aliphatic hydroxyl groups is 6. The van der Waals surface area contributed by atoms with Crippen LogP contribution in [0.15, 0.2) is 0 Å². The molecule has 1 atom stereocenters. The van der Waals surface area contributed by atoms with Crippen molar-refractivity contribution in [3.8, 4) is 0 Å². The lowest BCUT2D eigenvalue weighted by molar-refractivity contribution is -0.144. The van der Waals surface area contributed by atoms with Crippen molar-refractivity contribution in [1.82, 2.24) is 10.2 Å². The van der Waals surface area contributed by atoms with E-state index in [1.807, 2.05) is 0 Å². The number of aliphatic hydroxyl groups excluding tert-OH is 6. The van der Waals surface area contributed by atoms with Crippen LogP contribution >= 0.6 is 0 Å². The SMILES string of the molecule is O=C(O)C(CCO)N(CCO)CCO.O=C(O)CNC(CO)(CO)CO. The third-order valence-electron chi connectivity index (χ3n) is 3.43. The Morgan fingerprint density at radius 3 is 1.58 bits per heavy atom. The first kappa shape index (κ1) is 26.8. The molecule has 0 aliphatic carbocycles. The van der Waals surface area contributed by atoms with Crippen LogP contribution in [0.25, 0.3) is 0 Å². The smallest absolute Gasteiger partial charge is 0.321 e. The lowest BCUT2D eigenvalue weighted by Gasteiger charge is -2.27. The van der Waals surface area contributed by atoms with E-state index in [1.165, 1.54) is 4.90 Å². The monoisotopic (exact) mass is 386 g/mol. The van der Waals surface area contributed by atoms with E-state index in [1.54, 1.807) is 0 Å². The van der Waals surface area contributed by atoms with E-state index < -0.39 is 49.9 Å². The zero-order valence-corrected chi connectivity index (χ0v) is 14.5. The molecule has 26 heavy (non-hydrogen) atoms. The normalized spacial score (nSPS) is 12.4. The molecule has 1 unspecified atom stereocenters. The molecule has 0 aromatic carbocycles. The van der Waals surface area contributed by atoms with Crippen molar-refractivity contribution in [3.63, 3.8) is 0 Å². The van der Waals surface area contributed by atoms with Gasteiger partial charge < -0.3 is 40.9 Å². The summed E-state index contributed by atoms with van der Waals surface area (Å²) in [5, 5.41) is 71.6. The Morgan fingerprint density at radius 2 is 1.31 bits per heavy atom. The van der Waals surface area contributed by atoms with Gasteiger partial charge >= 0.3 is 11.9 Å². The minimum absolute atomic E-state index is 0.0926. The molecule has 12 nitrogen and oxygen atoms in total. The second kappa shape index (κ2) is 15.8. The molecular weight excluding hydrogens is 356 g/mol. The second-order valence-electron chi connectivity index (χ2n) is 5.35. The predicted molar refractivity (Wildman–Crippen MR) is 88.5 cm³/mol. The van der Waals surface area contributed by atoms with Gasteiger partial charge in [0.05, 0.1) is 45.1 Å². The number of nitrogens with zero attached hydrogens (tertiary/aromatic N) is 1.